The van der Waals surface area contributed by atoms with Gasteiger partial charge in [-0.2, -0.15) is 0 Å². The summed E-state index contributed by atoms with van der Waals surface area (Å²) in [6.45, 7) is 4.07. The van der Waals surface area contributed by atoms with Crippen LogP contribution in [0, 0.1) is 13.8 Å². The van der Waals surface area contributed by atoms with Gasteiger partial charge in [0.05, 0.1) is 5.52 Å². The van der Waals surface area contributed by atoms with Crippen LogP contribution in [0.15, 0.2) is 24.3 Å². The Bertz CT molecular complexity index is 576. The van der Waals surface area contributed by atoms with E-state index in [1.54, 1.807) is 0 Å². The van der Waals surface area contributed by atoms with Crippen molar-refractivity contribution in [3.63, 3.8) is 0 Å². The molecule has 2 N–H and O–H groups in total. The summed E-state index contributed by atoms with van der Waals surface area (Å²) >= 11 is 0. The highest BCUT2D eigenvalue weighted by Crippen LogP contribution is 2.19. The Balaban J connectivity index is 2.40. The van der Waals surface area contributed by atoms with Crippen LogP contribution in [0.5, 0.6) is 0 Å². The number of primary amides is 1. The number of amides is 1. The zero-order valence-corrected chi connectivity index (χ0v) is 10.2. The molecule has 0 aliphatic rings. The molecule has 1 aromatic carbocycles. The quantitative estimate of drug-likeness (QED) is 0.876. The smallest absolute Gasteiger partial charge is 0.217 e. The highest BCUT2D eigenvalue weighted by molar-refractivity contribution is 5.83. The first-order valence-corrected chi connectivity index (χ1v) is 5.71. The van der Waals surface area contributed by atoms with Crippen molar-refractivity contribution < 1.29 is 4.79 Å². The predicted octanol–water partition coefficient (Wildman–Crippen LogP) is 2.27. The average molecular weight is 228 g/mol. The van der Waals surface area contributed by atoms with Crippen LogP contribution < -0.4 is 5.73 Å². The van der Waals surface area contributed by atoms with Crippen LogP contribution in [-0.4, -0.2) is 10.9 Å². The molecule has 0 aliphatic heterocycles. The third-order valence-electron chi connectivity index (χ3n) is 2.87. The van der Waals surface area contributed by atoms with Crippen molar-refractivity contribution >= 4 is 16.8 Å². The molecule has 0 bridgehead atoms. The molecule has 2 rings (SSSR count). The van der Waals surface area contributed by atoms with E-state index in [-0.39, 0.29) is 5.91 Å². The maximum Gasteiger partial charge on any atom is 0.217 e. The number of nitrogens with zero attached hydrogens (tertiary/aromatic N) is 1. The summed E-state index contributed by atoms with van der Waals surface area (Å²) in [5.41, 5.74) is 9.53. The van der Waals surface area contributed by atoms with Crippen molar-refractivity contribution in [1.29, 1.82) is 0 Å². The number of aryl methyl sites for hydroxylation is 3. The Morgan fingerprint density at radius 3 is 2.76 bits per heavy atom. The molecule has 3 heteroatoms. The highest BCUT2D eigenvalue weighted by atomic mass is 16.1. The predicted molar refractivity (Wildman–Crippen MR) is 68.7 cm³/mol. The second-order valence-electron chi connectivity index (χ2n) is 4.40. The maximum atomic E-state index is 10.8. The lowest BCUT2D eigenvalue weighted by Crippen LogP contribution is -2.11. The zero-order valence-electron chi connectivity index (χ0n) is 10.2. The molecule has 0 saturated heterocycles. The van der Waals surface area contributed by atoms with Crippen LogP contribution in [0.1, 0.15) is 23.2 Å². The Morgan fingerprint density at radius 1 is 1.29 bits per heavy atom. The van der Waals surface area contributed by atoms with E-state index in [1.807, 2.05) is 19.1 Å². The molecule has 1 aromatic heterocycles. The summed E-state index contributed by atoms with van der Waals surface area (Å²) in [6.07, 6.45) is 1.09. The van der Waals surface area contributed by atoms with Gasteiger partial charge in [-0.25, -0.2) is 0 Å². The number of benzene rings is 1. The topological polar surface area (TPSA) is 56.0 Å². The number of hydrogen-bond acceptors (Lipinski definition) is 2. The lowest BCUT2D eigenvalue weighted by Gasteiger charge is -2.06. The number of fused-ring (bicyclic) bond motifs is 1. The van der Waals surface area contributed by atoms with Crippen molar-refractivity contribution in [2.45, 2.75) is 26.7 Å². The van der Waals surface area contributed by atoms with Gasteiger partial charge in [-0.1, -0.05) is 6.07 Å². The van der Waals surface area contributed by atoms with Crippen LogP contribution >= 0.6 is 0 Å². The van der Waals surface area contributed by atoms with Crippen LogP contribution in [0.2, 0.25) is 0 Å². The van der Waals surface area contributed by atoms with Crippen LogP contribution in [0.4, 0.5) is 0 Å². The summed E-state index contributed by atoms with van der Waals surface area (Å²) in [5, 5.41) is 1.15. The van der Waals surface area contributed by atoms with Crippen molar-refractivity contribution in [2.75, 3.05) is 0 Å². The lowest BCUT2D eigenvalue weighted by molar-refractivity contribution is -0.117. The third kappa shape index (κ3) is 2.61. The number of nitrogens with two attached hydrogens (primary N) is 1. The van der Waals surface area contributed by atoms with E-state index in [0.717, 1.165) is 22.2 Å². The van der Waals surface area contributed by atoms with E-state index >= 15 is 0 Å². The van der Waals surface area contributed by atoms with Crippen molar-refractivity contribution in [1.82, 2.24) is 4.98 Å². The van der Waals surface area contributed by atoms with Crippen molar-refractivity contribution in [3.8, 4) is 0 Å². The fraction of sp³-hybridized carbons (Fsp3) is 0.286. The summed E-state index contributed by atoms with van der Waals surface area (Å²) in [4.78, 5) is 15.2. The molecule has 0 radical (unpaired) electrons. The van der Waals surface area contributed by atoms with Gasteiger partial charge in [-0.3, -0.25) is 9.78 Å². The molecule has 0 saturated carbocycles. The van der Waals surface area contributed by atoms with Crippen LogP contribution in [-0.2, 0) is 11.2 Å². The molecule has 0 aliphatic carbocycles. The molecule has 1 heterocycles. The minimum Gasteiger partial charge on any atom is -0.370 e. The lowest BCUT2D eigenvalue weighted by atomic mass is 10.0. The van der Waals surface area contributed by atoms with Gasteiger partial charge in [0, 0.05) is 17.5 Å². The number of aromatic nitrogens is 1. The fourth-order valence-corrected chi connectivity index (χ4v) is 2.03. The van der Waals surface area contributed by atoms with E-state index in [4.69, 9.17) is 5.73 Å². The number of pyridine rings is 1. The Morgan fingerprint density at radius 2 is 2.06 bits per heavy atom. The molecule has 1 amide bonds. The maximum absolute atomic E-state index is 10.8. The molecule has 2 aromatic rings. The van der Waals surface area contributed by atoms with Gasteiger partial charge in [-0.15, -0.1) is 0 Å². The Labute approximate surface area is 101 Å². The second kappa shape index (κ2) is 4.53. The minimum atomic E-state index is -0.260. The summed E-state index contributed by atoms with van der Waals surface area (Å²) in [6, 6.07) is 8.18. The first-order valence-electron chi connectivity index (χ1n) is 5.71. The third-order valence-corrected chi connectivity index (χ3v) is 2.87. The zero-order chi connectivity index (χ0) is 12.4. The van der Waals surface area contributed by atoms with E-state index in [2.05, 4.69) is 24.0 Å². The molecule has 0 atom stereocenters. The van der Waals surface area contributed by atoms with Gasteiger partial charge < -0.3 is 5.73 Å². The van der Waals surface area contributed by atoms with E-state index in [0.29, 0.717) is 12.8 Å². The van der Waals surface area contributed by atoms with E-state index in [9.17, 15) is 4.79 Å². The fourth-order valence-electron chi connectivity index (χ4n) is 2.03. The number of carbonyl (C=O) groups excluding carboxylic acids is 1. The first-order chi connectivity index (χ1) is 8.06. The largest absolute Gasteiger partial charge is 0.370 e. The molecule has 0 unspecified atom stereocenters. The highest BCUT2D eigenvalue weighted by Gasteiger charge is 2.03. The summed E-state index contributed by atoms with van der Waals surface area (Å²) in [5.74, 6) is -0.260. The second-order valence-corrected chi connectivity index (χ2v) is 4.40. The molecule has 0 spiro atoms. The van der Waals surface area contributed by atoms with Gasteiger partial charge in [0.2, 0.25) is 5.91 Å². The van der Waals surface area contributed by atoms with E-state index in [1.165, 1.54) is 5.56 Å². The molecular weight excluding hydrogens is 212 g/mol. The molecule has 3 nitrogen and oxygen atoms in total. The molecule has 88 valence electrons. The van der Waals surface area contributed by atoms with Gasteiger partial charge >= 0.3 is 0 Å². The number of hydrogen-bond donors (Lipinski definition) is 1. The van der Waals surface area contributed by atoms with Crippen LogP contribution in [0.25, 0.3) is 10.9 Å². The Hall–Kier alpha value is -1.90. The van der Waals surface area contributed by atoms with E-state index < -0.39 is 0 Å². The Kier molecular flexibility index (Phi) is 3.09. The van der Waals surface area contributed by atoms with Crippen LogP contribution in [0.3, 0.4) is 0 Å². The minimum absolute atomic E-state index is 0.260. The van der Waals surface area contributed by atoms with Gasteiger partial charge in [0.15, 0.2) is 0 Å². The van der Waals surface area contributed by atoms with Gasteiger partial charge in [0.25, 0.3) is 0 Å². The molecule has 0 fully saturated rings. The van der Waals surface area contributed by atoms with Gasteiger partial charge in [-0.05, 0) is 49.6 Å². The monoisotopic (exact) mass is 228 g/mol. The average Bonchev–Trinajstić information content (AvgIpc) is 2.26. The normalized spacial score (nSPS) is 10.7. The van der Waals surface area contributed by atoms with Crippen molar-refractivity contribution in [3.05, 3.63) is 41.1 Å². The summed E-state index contributed by atoms with van der Waals surface area (Å²) < 4.78 is 0. The standard InChI is InChI=1S/C14H16N2O/c1-9-7-10(2)16-13-5-3-11(8-12(9)13)4-6-14(15)17/h3,5,7-8H,4,6H2,1-2H3,(H2,15,17). The number of rotatable bonds is 3. The molecular formula is C14H16N2O. The van der Waals surface area contributed by atoms with Gasteiger partial charge in [0.1, 0.15) is 0 Å². The SMILES string of the molecule is Cc1cc(C)c2cc(CCC(N)=O)ccc2n1. The first kappa shape index (κ1) is 11.6. The summed E-state index contributed by atoms with van der Waals surface area (Å²) in [7, 11) is 0. The molecule has 17 heavy (non-hydrogen) atoms. The van der Waals surface area contributed by atoms with Crippen molar-refractivity contribution in [2.24, 2.45) is 5.73 Å². The number of carbonyl (C=O) groups is 1.